The van der Waals surface area contributed by atoms with Crippen LogP contribution in [0, 0.1) is 0 Å². The zero-order valence-electron chi connectivity index (χ0n) is 11.8. The molecule has 0 atom stereocenters. The number of hydrogen-bond donors (Lipinski definition) is 1. The average molecular weight is 323 g/mol. The van der Waals surface area contributed by atoms with Crippen LogP contribution in [0.1, 0.15) is 28.8 Å². The fraction of sp³-hybridized carbons (Fsp3) is 0.250. The third-order valence-electron chi connectivity index (χ3n) is 3.42. The van der Waals surface area contributed by atoms with Crippen LogP contribution in [-0.2, 0) is 6.18 Å². The van der Waals surface area contributed by atoms with E-state index in [0.717, 1.165) is 25.1 Å². The highest BCUT2D eigenvalue weighted by atomic mass is 19.4. The zero-order valence-corrected chi connectivity index (χ0v) is 11.8. The fourth-order valence-electron chi connectivity index (χ4n) is 2.10. The van der Waals surface area contributed by atoms with Crippen molar-refractivity contribution < 1.29 is 27.8 Å². The molecule has 3 rings (SSSR count). The number of pyridine rings is 1. The van der Waals surface area contributed by atoms with Crippen LogP contribution in [0.2, 0.25) is 0 Å². The molecule has 23 heavy (non-hydrogen) atoms. The van der Waals surface area contributed by atoms with E-state index in [0.29, 0.717) is 5.75 Å². The van der Waals surface area contributed by atoms with Crippen molar-refractivity contribution in [3.63, 3.8) is 0 Å². The summed E-state index contributed by atoms with van der Waals surface area (Å²) in [5.74, 6) is -0.803. The molecule has 1 aromatic carbocycles. The minimum Gasteiger partial charge on any atom is -0.490 e. The lowest BCUT2D eigenvalue weighted by molar-refractivity contribution is -0.137. The second kappa shape index (κ2) is 5.57. The maximum atomic E-state index is 12.8. The summed E-state index contributed by atoms with van der Waals surface area (Å²) in [5.41, 5.74) is -0.470. The molecule has 0 amide bonds. The molecule has 0 unspecified atom stereocenters. The van der Waals surface area contributed by atoms with Gasteiger partial charge in [-0.3, -0.25) is 4.98 Å². The lowest BCUT2D eigenvalue weighted by Gasteiger charge is -2.13. The normalized spacial score (nSPS) is 14.6. The summed E-state index contributed by atoms with van der Waals surface area (Å²) in [5, 5.41) is 9.09. The summed E-state index contributed by atoms with van der Waals surface area (Å²) in [6.45, 7) is 0. The first-order valence-corrected chi connectivity index (χ1v) is 6.91. The molecule has 4 nitrogen and oxygen atoms in total. The minimum absolute atomic E-state index is 0.0273. The molecule has 0 saturated heterocycles. The Labute approximate surface area is 129 Å². The molecule has 1 aliphatic carbocycles. The zero-order chi connectivity index (χ0) is 16.6. The molecule has 1 N–H and O–H groups in total. The van der Waals surface area contributed by atoms with Gasteiger partial charge in [0, 0.05) is 23.5 Å². The van der Waals surface area contributed by atoms with Crippen LogP contribution in [-0.4, -0.2) is 22.2 Å². The third-order valence-corrected chi connectivity index (χ3v) is 3.42. The van der Waals surface area contributed by atoms with Crippen molar-refractivity contribution in [2.45, 2.75) is 25.1 Å². The Bertz CT molecular complexity index is 754. The summed E-state index contributed by atoms with van der Waals surface area (Å²) in [7, 11) is 0. The van der Waals surface area contributed by atoms with Gasteiger partial charge in [-0.1, -0.05) is 0 Å². The Morgan fingerprint density at radius 3 is 2.57 bits per heavy atom. The van der Waals surface area contributed by atoms with Crippen LogP contribution in [0.15, 0.2) is 36.7 Å². The highest BCUT2D eigenvalue weighted by molar-refractivity contribution is 5.90. The number of carboxylic acid groups (broad SMARTS) is 1. The monoisotopic (exact) mass is 323 g/mol. The molecular formula is C16H12F3NO3. The van der Waals surface area contributed by atoms with Gasteiger partial charge in [0.25, 0.3) is 0 Å². The van der Waals surface area contributed by atoms with Crippen molar-refractivity contribution >= 4 is 5.97 Å². The molecule has 1 saturated carbocycles. The quantitative estimate of drug-likeness (QED) is 0.923. The van der Waals surface area contributed by atoms with Gasteiger partial charge in [0.1, 0.15) is 5.75 Å². The summed E-state index contributed by atoms with van der Waals surface area (Å²) in [4.78, 5) is 14.7. The molecule has 1 heterocycles. The number of alkyl halides is 3. The van der Waals surface area contributed by atoms with Crippen LogP contribution in [0.3, 0.4) is 0 Å². The van der Waals surface area contributed by atoms with Crippen LogP contribution in [0.25, 0.3) is 11.1 Å². The second-order valence-electron chi connectivity index (χ2n) is 5.29. The summed E-state index contributed by atoms with van der Waals surface area (Å²) >= 11 is 0. The number of benzene rings is 1. The molecular weight excluding hydrogens is 311 g/mol. The van der Waals surface area contributed by atoms with Crippen molar-refractivity contribution in [1.82, 2.24) is 4.98 Å². The number of carbonyl (C=O) groups is 1. The van der Waals surface area contributed by atoms with E-state index >= 15 is 0 Å². The molecule has 1 fully saturated rings. The number of ether oxygens (including phenoxy) is 1. The standard InChI is InChI=1S/C16H12F3NO3/c17-16(18,19)11-5-10(7-20-8-11)13-6-9(15(21)22)1-4-14(13)23-12-2-3-12/h1,4-8,12H,2-3H2,(H,21,22). The molecule has 0 aliphatic heterocycles. The van der Waals surface area contributed by atoms with Gasteiger partial charge in [-0.2, -0.15) is 13.2 Å². The number of aromatic nitrogens is 1. The second-order valence-corrected chi connectivity index (χ2v) is 5.29. The van der Waals surface area contributed by atoms with Crippen LogP contribution in [0.5, 0.6) is 5.75 Å². The molecule has 2 aromatic rings. The lowest BCUT2D eigenvalue weighted by atomic mass is 10.0. The number of carboxylic acids is 1. The Balaban J connectivity index is 2.08. The smallest absolute Gasteiger partial charge is 0.417 e. The van der Waals surface area contributed by atoms with E-state index in [2.05, 4.69) is 4.98 Å². The fourth-order valence-corrected chi connectivity index (χ4v) is 2.10. The van der Waals surface area contributed by atoms with Crippen molar-refractivity contribution in [2.75, 3.05) is 0 Å². The van der Waals surface area contributed by atoms with E-state index in [9.17, 15) is 18.0 Å². The highest BCUT2D eigenvalue weighted by Crippen LogP contribution is 2.37. The van der Waals surface area contributed by atoms with Gasteiger partial charge < -0.3 is 9.84 Å². The molecule has 0 spiro atoms. The molecule has 0 radical (unpaired) electrons. The lowest BCUT2D eigenvalue weighted by Crippen LogP contribution is -2.06. The summed E-state index contributed by atoms with van der Waals surface area (Å²) in [6.07, 6.45) is -0.752. The largest absolute Gasteiger partial charge is 0.490 e. The number of nitrogens with zero attached hydrogens (tertiary/aromatic N) is 1. The number of halogens is 3. The molecule has 1 aromatic heterocycles. The number of hydrogen-bond acceptors (Lipinski definition) is 3. The van der Waals surface area contributed by atoms with E-state index < -0.39 is 17.7 Å². The van der Waals surface area contributed by atoms with Gasteiger partial charge in [-0.05, 0) is 37.1 Å². The predicted molar refractivity (Wildman–Crippen MR) is 75.3 cm³/mol. The van der Waals surface area contributed by atoms with Gasteiger partial charge in [0.2, 0.25) is 0 Å². The molecule has 0 bridgehead atoms. The topological polar surface area (TPSA) is 59.4 Å². The Hall–Kier alpha value is -2.57. The average Bonchev–Trinajstić information content (AvgIpc) is 3.31. The number of rotatable bonds is 4. The van der Waals surface area contributed by atoms with E-state index in [1.165, 1.54) is 24.4 Å². The van der Waals surface area contributed by atoms with E-state index in [1.54, 1.807) is 0 Å². The SMILES string of the molecule is O=C(O)c1ccc(OC2CC2)c(-c2cncc(C(F)(F)F)c2)c1. The van der Waals surface area contributed by atoms with Crippen LogP contribution < -0.4 is 4.74 Å². The Kier molecular flexibility index (Phi) is 3.71. The van der Waals surface area contributed by atoms with Gasteiger partial charge in [-0.25, -0.2) is 4.79 Å². The minimum atomic E-state index is -4.52. The van der Waals surface area contributed by atoms with E-state index in [-0.39, 0.29) is 22.8 Å². The predicted octanol–water partition coefficient (Wildman–Crippen LogP) is 4.01. The van der Waals surface area contributed by atoms with Gasteiger partial charge in [0.15, 0.2) is 0 Å². The first-order valence-electron chi connectivity index (χ1n) is 6.91. The molecule has 7 heteroatoms. The van der Waals surface area contributed by atoms with Crippen LogP contribution in [0.4, 0.5) is 13.2 Å². The van der Waals surface area contributed by atoms with Gasteiger partial charge >= 0.3 is 12.1 Å². The Morgan fingerprint density at radius 1 is 1.22 bits per heavy atom. The van der Waals surface area contributed by atoms with E-state index in [1.807, 2.05) is 0 Å². The van der Waals surface area contributed by atoms with Crippen molar-refractivity contribution in [1.29, 1.82) is 0 Å². The molecule has 120 valence electrons. The summed E-state index contributed by atoms with van der Waals surface area (Å²) in [6, 6.07) is 5.08. The maximum Gasteiger partial charge on any atom is 0.417 e. The third kappa shape index (κ3) is 3.44. The van der Waals surface area contributed by atoms with E-state index in [4.69, 9.17) is 9.84 Å². The van der Waals surface area contributed by atoms with Crippen LogP contribution >= 0.6 is 0 Å². The maximum absolute atomic E-state index is 12.8. The first-order chi connectivity index (χ1) is 10.8. The van der Waals surface area contributed by atoms with Gasteiger partial charge in [-0.15, -0.1) is 0 Å². The Morgan fingerprint density at radius 2 is 1.96 bits per heavy atom. The highest BCUT2D eigenvalue weighted by Gasteiger charge is 2.31. The van der Waals surface area contributed by atoms with Gasteiger partial charge in [0.05, 0.1) is 17.2 Å². The summed E-state index contributed by atoms with van der Waals surface area (Å²) < 4.78 is 44.2. The van der Waals surface area contributed by atoms with Crippen molar-refractivity contribution in [2.24, 2.45) is 0 Å². The van der Waals surface area contributed by atoms with Crippen molar-refractivity contribution in [3.05, 3.63) is 47.8 Å². The number of aromatic carboxylic acids is 1. The first kappa shape index (κ1) is 15.3. The molecule has 1 aliphatic rings. The van der Waals surface area contributed by atoms with Crippen molar-refractivity contribution in [3.8, 4) is 16.9 Å².